The van der Waals surface area contributed by atoms with Gasteiger partial charge in [-0.1, -0.05) is 0 Å². The lowest BCUT2D eigenvalue weighted by Gasteiger charge is -2.05. The Morgan fingerprint density at radius 1 is 1.33 bits per heavy atom. The third-order valence-electron chi connectivity index (χ3n) is 1.22. The summed E-state index contributed by atoms with van der Waals surface area (Å²) in [6, 6.07) is 1.25. The van der Waals surface area contributed by atoms with Gasteiger partial charge in [0.1, 0.15) is 0 Å². The Morgan fingerprint density at radius 3 is 2.33 bits per heavy atom. The van der Waals surface area contributed by atoms with Crippen LogP contribution in [0, 0.1) is 0 Å². The van der Waals surface area contributed by atoms with E-state index in [1.807, 2.05) is 0 Å². The van der Waals surface area contributed by atoms with Gasteiger partial charge in [-0.05, 0) is 6.07 Å². The highest BCUT2D eigenvalue weighted by Gasteiger charge is 2.31. The van der Waals surface area contributed by atoms with Gasteiger partial charge >= 0.3 is 6.18 Å². The van der Waals surface area contributed by atoms with Crippen LogP contribution in [-0.4, -0.2) is 9.94 Å². The molecule has 3 nitrogen and oxygen atoms in total. The minimum absolute atomic E-state index is 0.108. The summed E-state index contributed by atoms with van der Waals surface area (Å²) in [5.41, 5.74) is -1.97. The average Bonchev–Trinajstić information content (AvgIpc) is 1.92. The zero-order valence-electron chi connectivity index (χ0n) is 5.67. The molecular weight excluding hydrogens is 175 g/mol. The number of pyridine rings is 1. The Balaban J connectivity index is 3.23. The van der Waals surface area contributed by atoms with Crippen molar-refractivity contribution in [1.29, 1.82) is 0 Å². The summed E-state index contributed by atoms with van der Waals surface area (Å²) >= 11 is 0. The first-order valence-corrected chi connectivity index (χ1v) is 2.90. The first-order chi connectivity index (χ1) is 5.41. The molecular formula is C6H4F3NO2. The van der Waals surface area contributed by atoms with Gasteiger partial charge in [-0.25, -0.2) is 0 Å². The summed E-state index contributed by atoms with van der Waals surface area (Å²) in [6.45, 7) is 0. The zero-order valence-corrected chi connectivity index (χ0v) is 5.67. The Labute approximate surface area is 64.6 Å². The van der Waals surface area contributed by atoms with Crippen molar-refractivity contribution < 1.29 is 18.4 Å². The van der Waals surface area contributed by atoms with Crippen molar-refractivity contribution in [2.75, 3.05) is 0 Å². The van der Waals surface area contributed by atoms with Crippen LogP contribution in [0.3, 0.4) is 0 Å². The molecule has 0 saturated heterocycles. The molecule has 0 aliphatic rings. The highest BCUT2D eigenvalue weighted by Crippen LogP contribution is 2.27. The Bertz CT molecular complexity index is 341. The van der Waals surface area contributed by atoms with Crippen LogP contribution in [-0.2, 0) is 6.18 Å². The fourth-order valence-electron chi connectivity index (χ4n) is 0.644. The van der Waals surface area contributed by atoms with Crippen LogP contribution >= 0.6 is 0 Å². The molecule has 0 saturated carbocycles. The van der Waals surface area contributed by atoms with E-state index in [9.17, 15) is 18.0 Å². The first kappa shape index (κ1) is 8.63. The second-order valence-corrected chi connectivity index (χ2v) is 2.10. The molecule has 0 atom stereocenters. The summed E-state index contributed by atoms with van der Waals surface area (Å²) < 4.78 is 35.5. The molecule has 1 heterocycles. The molecule has 1 rings (SSSR count). The van der Waals surface area contributed by atoms with Crippen molar-refractivity contribution in [1.82, 2.24) is 4.73 Å². The third-order valence-corrected chi connectivity index (χ3v) is 1.22. The van der Waals surface area contributed by atoms with Gasteiger partial charge in [0.25, 0.3) is 5.56 Å². The number of halogens is 3. The molecule has 0 bridgehead atoms. The van der Waals surface area contributed by atoms with Crippen LogP contribution in [0.15, 0.2) is 23.1 Å². The fourth-order valence-corrected chi connectivity index (χ4v) is 0.644. The van der Waals surface area contributed by atoms with E-state index in [1.54, 1.807) is 0 Å². The molecule has 1 aromatic heterocycles. The molecule has 0 aliphatic heterocycles. The molecule has 0 aromatic carbocycles. The van der Waals surface area contributed by atoms with E-state index in [-0.39, 0.29) is 4.73 Å². The minimum atomic E-state index is -4.54. The number of hydrogen-bond acceptors (Lipinski definition) is 2. The van der Waals surface area contributed by atoms with E-state index < -0.39 is 17.3 Å². The third kappa shape index (κ3) is 1.58. The predicted octanol–water partition coefficient (Wildman–Crippen LogP) is 1.10. The second kappa shape index (κ2) is 2.54. The Hall–Kier alpha value is -1.46. The van der Waals surface area contributed by atoms with Gasteiger partial charge in [-0.2, -0.15) is 17.9 Å². The van der Waals surface area contributed by atoms with Crippen LogP contribution in [0.1, 0.15) is 5.56 Å². The lowest BCUT2D eigenvalue weighted by atomic mass is 10.3. The highest BCUT2D eigenvalue weighted by molar-refractivity contribution is 5.12. The van der Waals surface area contributed by atoms with Crippen LogP contribution in [0.4, 0.5) is 13.2 Å². The van der Waals surface area contributed by atoms with Crippen molar-refractivity contribution in [3.63, 3.8) is 0 Å². The van der Waals surface area contributed by atoms with E-state index in [4.69, 9.17) is 5.21 Å². The molecule has 6 heteroatoms. The summed E-state index contributed by atoms with van der Waals surface area (Å²) in [5.74, 6) is 0. The first-order valence-electron chi connectivity index (χ1n) is 2.90. The van der Waals surface area contributed by atoms with Crippen molar-refractivity contribution in [3.05, 3.63) is 34.2 Å². The smallest absolute Gasteiger partial charge is 0.417 e. The topological polar surface area (TPSA) is 42.2 Å². The maximum Gasteiger partial charge on any atom is 0.417 e. The molecule has 0 radical (unpaired) electrons. The quantitative estimate of drug-likeness (QED) is 0.606. The molecule has 66 valence electrons. The van der Waals surface area contributed by atoms with E-state index in [2.05, 4.69) is 0 Å². The van der Waals surface area contributed by atoms with Gasteiger partial charge in [-0.3, -0.25) is 4.79 Å². The Kier molecular flexibility index (Phi) is 1.83. The number of rotatable bonds is 0. The molecule has 12 heavy (non-hydrogen) atoms. The lowest BCUT2D eigenvalue weighted by molar-refractivity contribution is -0.138. The molecule has 1 N–H and O–H groups in total. The maximum absolute atomic E-state index is 11.9. The summed E-state index contributed by atoms with van der Waals surface area (Å²) in [4.78, 5) is 10.4. The summed E-state index contributed by atoms with van der Waals surface area (Å²) in [6.07, 6.45) is -4.22. The van der Waals surface area contributed by atoms with Gasteiger partial charge in [-0.15, -0.1) is 0 Å². The molecule has 0 spiro atoms. The monoisotopic (exact) mass is 179 g/mol. The van der Waals surface area contributed by atoms with Crippen LogP contribution in [0.5, 0.6) is 0 Å². The number of alkyl halides is 3. The van der Waals surface area contributed by atoms with E-state index in [1.165, 1.54) is 0 Å². The van der Waals surface area contributed by atoms with Gasteiger partial charge < -0.3 is 5.21 Å². The van der Waals surface area contributed by atoms with Crippen molar-refractivity contribution in [2.45, 2.75) is 6.18 Å². The minimum Gasteiger partial charge on any atom is -0.425 e. The standard InChI is InChI=1S/C6H4F3NO2/c7-6(8,9)4-1-2-5(11)10(12)3-4/h1-3,12H. The van der Waals surface area contributed by atoms with Gasteiger partial charge in [0.2, 0.25) is 0 Å². The number of hydrogen-bond donors (Lipinski definition) is 1. The molecule has 0 amide bonds. The van der Waals surface area contributed by atoms with E-state index in [0.29, 0.717) is 18.3 Å². The highest BCUT2D eigenvalue weighted by atomic mass is 19.4. The van der Waals surface area contributed by atoms with Crippen LogP contribution < -0.4 is 5.56 Å². The van der Waals surface area contributed by atoms with Crippen molar-refractivity contribution >= 4 is 0 Å². The predicted molar refractivity (Wildman–Crippen MR) is 32.9 cm³/mol. The van der Waals surface area contributed by atoms with Crippen LogP contribution in [0.2, 0.25) is 0 Å². The summed E-state index contributed by atoms with van der Waals surface area (Å²) in [7, 11) is 0. The Morgan fingerprint density at radius 2 is 1.92 bits per heavy atom. The number of aromatic nitrogens is 1. The van der Waals surface area contributed by atoms with Gasteiger partial charge in [0, 0.05) is 6.07 Å². The SMILES string of the molecule is O=c1ccc(C(F)(F)F)cn1O. The van der Waals surface area contributed by atoms with E-state index in [0.717, 1.165) is 0 Å². The summed E-state index contributed by atoms with van der Waals surface area (Å²) in [5, 5.41) is 8.57. The van der Waals surface area contributed by atoms with Gasteiger partial charge in [0.15, 0.2) is 0 Å². The average molecular weight is 179 g/mol. The van der Waals surface area contributed by atoms with Crippen LogP contribution in [0.25, 0.3) is 0 Å². The van der Waals surface area contributed by atoms with Crippen molar-refractivity contribution in [2.24, 2.45) is 0 Å². The molecule has 0 aliphatic carbocycles. The lowest BCUT2D eigenvalue weighted by Crippen LogP contribution is -2.18. The molecule has 1 aromatic rings. The number of nitrogens with zero attached hydrogens (tertiary/aromatic N) is 1. The normalized spacial score (nSPS) is 11.6. The van der Waals surface area contributed by atoms with Gasteiger partial charge in [0.05, 0.1) is 11.8 Å². The maximum atomic E-state index is 11.9. The molecule has 0 fully saturated rings. The second-order valence-electron chi connectivity index (χ2n) is 2.10. The fraction of sp³-hybridized carbons (Fsp3) is 0.167. The molecule has 0 unspecified atom stereocenters. The largest absolute Gasteiger partial charge is 0.425 e. The van der Waals surface area contributed by atoms with Crippen molar-refractivity contribution in [3.8, 4) is 0 Å². The van der Waals surface area contributed by atoms with E-state index >= 15 is 0 Å². The zero-order chi connectivity index (χ0) is 9.35.